The number of rotatable bonds is 3. The Morgan fingerprint density at radius 1 is 1.32 bits per heavy atom. The van der Waals surface area contributed by atoms with Crippen molar-refractivity contribution < 1.29 is 4.79 Å². The number of amides is 1. The third kappa shape index (κ3) is 4.50. The van der Waals surface area contributed by atoms with Gasteiger partial charge in [-0.1, -0.05) is 15.9 Å². The summed E-state index contributed by atoms with van der Waals surface area (Å²) < 4.78 is 0.945. The highest BCUT2D eigenvalue weighted by molar-refractivity contribution is 9.10. The van der Waals surface area contributed by atoms with Crippen molar-refractivity contribution >= 4 is 33.4 Å². The third-order valence-corrected chi connectivity index (χ3v) is 4.53. The Morgan fingerprint density at radius 3 is 2.63 bits per heavy atom. The highest BCUT2D eigenvalue weighted by Crippen LogP contribution is 2.27. The van der Waals surface area contributed by atoms with E-state index in [-0.39, 0.29) is 5.91 Å². The van der Waals surface area contributed by atoms with Gasteiger partial charge in [0.2, 0.25) is 0 Å². The van der Waals surface area contributed by atoms with Crippen LogP contribution in [0.2, 0.25) is 0 Å². The summed E-state index contributed by atoms with van der Waals surface area (Å²) in [6.45, 7) is 2.75. The van der Waals surface area contributed by atoms with E-state index in [2.05, 4.69) is 21.2 Å². The van der Waals surface area contributed by atoms with E-state index >= 15 is 0 Å². The average molecular weight is 345 g/mol. The smallest absolute Gasteiger partial charge is 0.251 e. The molecule has 0 heterocycles. The molecule has 0 saturated heterocycles. The number of alkyl halides is 1. The van der Waals surface area contributed by atoms with Crippen LogP contribution in [0.15, 0.2) is 22.7 Å². The summed E-state index contributed by atoms with van der Waals surface area (Å²) in [4.78, 5) is 12.1. The first-order chi connectivity index (χ1) is 9.04. The van der Waals surface area contributed by atoms with Crippen LogP contribution in [0.4, 0.5) is 0 Å². The average Bonchev–Trinajstić information content (AvgIpc) is 2.36. The Hall–Kier alpha value is -0.540. The lowest BCUT2D eigenvalue weighted by Gasteiger charge is -2.25. The monoisotopic (exact) mass is 343 g/mol. The molecule has 2 nitrogen and oxygen atoms in total. The van der Waals surface area contributed by atoms with Gasteiger partial charge >= 0.3 is 0 Å². The van der Waals surface area contributed by atoms with E-state index < -0.39 is 0 Å². The molecule has 0 aromatic heterocycles. The Bertz CT molecular complexity index is 435. The molecule has 104 valence electrons. The number of hydrogen-bond donors (Lipinski definition) is 1. The highest BCUT2D eigenvalue weighted by atomic mass is 79.9. The molecule has 0 radical (unpaired) electrons. The number of aryl methyl sites for hydroxylation is 1. The maximum atomic E-state index is 12.1. The lowest BCUT2D eigenvalue weighted by molar-refractivity contribution is 0.0943. The molecule has 1 amide bonds. The Morgan fingerprint density at radius 2 is 2.00 bits per heavy atom. The quantitative estimate of drug-likeness (QED) is 0.815. The van der Waals surface area contributed by atoms with E-state index in [0.717, 1.165) is 47.8 Å². The van der Waals surface area contributed by atoms with E-state index in [4.69, 9.17) is 11.6 Å². The molecule has 1 aromatic carbocycles. The van der Waals surface area contributed by atoms with Crippen LogP contribution >= 0.6 is 27.5 Å². The van der Waals surface area contributed by atoms with Crippen molar-refractivity contribution in [2.75, 3.05) is 6.54 Å². The van der Waals surface area contributed by atoms with E-state index in [0.29, 0.717) is 11.3 Å². The Labute approximate surface area is 128 Å². The summed E-state index contributed by atoms with van der Waals surface area (Å²) in [6.07, 6.45) is 4.37. The zero-order chi connectivity index (χ0) is 13.8. The first kappa shape index (κ1) is 14.9. The van der Waals surface area contributed by atoms with Crippen molar-refractivity contribution in [2.24, 2.45) is 5.92 Å². The summed E-state index contributed by atoms with van der Waals surface area (Å²) in [5.74, 6) is 0.588. The van der Waals surface area contributed by atoms with E-state index in [1.807, 2.05) is 25.1 Å². The molecule has 1 aliphatic carbocycles. The van der Waals surface area contributed by atoms with Gasteiger partial charge in [0, 0.05) is 22.0 Å². The van der Waals surface area contributed by atoms with Gasteiger partial charge in [-0.15, -0.1) is 11.6 Å². The van der Waals surface area contributed by atoms with Gasteiger partial charge in [0.05, 0.1) is 0 Å². The second-order valence-electron chi connectivity index (χ2n) is 5.35. The van der Waals surface area contributed by atoms with Crippen molar-refractivity contribution in [1.29, 1.82) is 0 Å². The van der Waals surface area contributed by atoms with Crippen LogP contribution in [-0.4, -0.2) is 17.8 Å². The number of nitrogens with one attached hydrogen (secondary N) is 1. The largest absolute Gasteiger partial charge is 0.352 e. The first-order valence-corrected chi connectivity index (χ1v) is 7.97. The van der Waals surface area contributed by atoms with E-state index in [1.54, 1.807) is 0 Å². The minimum atomic E-state index is 0.0115. The summed E-state index contributed by atoms with van der Waals surface area (Å²) in [5, 5.41) is 3.37. The predicted octanol–water partition coefficient (Wildman–Crippen LogP) is 4.28. The Kier molecular flexibility index (Phi) is 5.28. The van der Waals surface area contributed by atoms with Gasteiger partial charge in [0.25, 0.3) is 5.91 Å². The molecule has 19 heavy (non-hydrogen) atoms. The number of carbonyl (C=O) groups is 1. The van der Waals surface area contributed by atoms with E-state index in [9.17, 15) is 4.79 Å². The zero-order valence-electron chi connectivity index (χ0n) is 11.1. The number of carbonyl (C=O) groups excluding carboxylic acids is 1. The molecule has 0 spiro atoms. The molecule has 4 heteroatoms. The molecule has 2 rings (SSSR count). The van der Waals surface area contributed by atoms with Crippen LogP contribution in [0.25, 0.3) is 0 Å². The molecule has 1 N–H and O–H groups in total. The number of hydrogen-bond acceptors (Lipinski definition) is 1. The maximum Gasteiger partial charge on any atom is 0.251 e. The van der Waals surface area contributed by atoms with Crippen molar-refractivity contribution in [3.8, 4) is 0 Å². The molecule has 0 aliphatic heterocycles. The van der Waals surface area contributed by atoms with Gasteiger partial charge in [-0.25, -0.2) is 0 Å². The second kappa shape index (κ2) is 6.76. The molecule has 1 saturated carbocycles. The Balaban J connectivity index is 1.87. The fraction of sp³-hybridized carbons (Fsp3) is 0.533. The van der Waals surface area contributed by atoms with Crippen LogP contribution in [0.5, 0.6) is 0 Å². The second-order valence-corrected chi connectivity index (χ2v) is 6.88. The normalized spacial score (nSPS) is 23.1. The van der Waals surface area contributed by atoms with Crippen LogP contribution in [0, 0.1) is 12.8 Å². The summed E-state index contributed by atoms with van der Waals surface area (Å²) in [5.41, 5.74) is 1.81. The SMILES string of the molecule is Cc1cc(Br)cc(C(=O)NCC2CCC(Cl)CC2)c1. The van der Waals surface area contributed by atoms with Gasteiger partial charge in [0.15, 0.2) is 0 Å². The molecular weight excluding hydrogens is 326 g/mol. The van der Waals surface area contributed by atoms with Crippen LogP contribution < -0.4 is 5.32 Å². The molecule has 1 aliphatic rings. The first-order valence-electron chi connectivity index (χ1n) is 6.74. The maximum absolute atomic E-state index is 12.1. The molecule has 0 unspecified atom stereocenters. The van der Waals surface area contributed by atoms with Crippen molar-refractivity contribution in [1.82, 2.24) is 5.32 Å². The number of benzene rings is 1. The number of halogens is 2. The highest BCUT2D eigenvalue weighted by Gasteiger charge is 2.20. The van der Waals surface area contributed by atoms with Crippen LogP contribution in [-0.2, 0) is 0 Å². The fourth-order valence-electron chi connectivity index (χ4n) is 2.53. The standard InChI is InChI=1S/C15H19BrClNO/c1-10-6-12(8-13(16)7-10)15(19)18-9-11-2-4-14(17)5-3-11/h6-8,11,14H,2-5,9H2,1H3,(H,18,19). The lowest BCUT2D eigenvalue weighted by atomic mass is 9.89. The van der Waals surface area contributed by atoms with Crippen LogP contribution in [0.3, 0.4) is 0 Å². The summed E-state index contributed by atoms with van der Waals surface area (Å²) in [6, 6.07) is 5.77. The molecule has 1 fully saturated rings. The third-order valence-electron chi connectivity index (χ3n) is 3.63. The zero-order valence-corrected chi connectivity index (χ0v) is 13.4. The topological polar surface area (TPSA) is 29.1 Å². The van der Waals surface area contributed by atoms with Gasteiger partial charge in [-0.2, -0.15) is 0 Å². The minimum absolute atomic E-state index is 0.0115. The summed E-state index contributed by atoms with van der Waals surface area (Å²) >= 11 is 9.50. The summed E-state index contributed by atoms with van der Waals surface area (Å²) in [7, 11) is 0. The van der Waals surface area contributed by atoms with Crippen molar-refractivity contribution in [2.45, 2.75) is 38.0 Å². The van der Waals surface area contributed by atoms with Crippen LogP contribution in [0.1, 0.15) is 41.6 Å². The van der Waals surface area contributed by atoms with Gasteiger partial charge in [0.1, 0.15) is 0 Å². The lowest BCUT2D eigenvalue weighted by Crippen LogP contribution is -2.31. The molecule has 1 aromatic rings. The molecular formula is C15H19BrClNO. The van der Waals surface area contributed by atoms with E-state index in [1.165, 1.54) is 0 Å². The van der Waals surface area contributed by atoms with Gasteiger partial charge < -0.3 is 5.32 Å². The van der Waals surface area contributed by atoms with Gasteiger partial charge in [-0.05, 0) is 62.3 Å². The minimum Gasteiger partial charge on any atom is -0.352 e. The molecule has 0 atom stereocenters. The van der Waals surface area contributed by atoms with Gasteiger partial charge in [-0.3, -0.25) is 4.79 Å². The molecule has 0 bridgehead atoms. The fourth-order valence-corrected chi connectivity index (χ4v) is 3.39. The van der Waals surface area contributed by atoms with Crippen molar-refractivity contribution in [3.63, 3.8) is 0 Å². The predicted molar refractivity (Wildman–Crippen MR) is 82.8 cm³/mol. The van der Waals surface area contributed by atoms with Crippen molar-refractivity contribution in [3.05, 3.63) is 33.8 Å².